The van der Waals surface area contributed by atoms with Crippen LogP contribution in [0, 0.1) is 5.92 Å². The van der Waals surface area contributed by atoms with Crippen LogP contribution in [-0.4, -0.2) is 43.1 Å². The van der Waals surface area contributed by atoms with Gasteiger partial charge in [0.1, 0.15) is 5.75 Å². The number of nitrogens with zero attached hydrogens (tertiary/aromatic N) is 2. The van der Waals surface area contributed by atoms with Crippen molar-refractivity contribution >= 4 is 11.6 Å². The first-order valence-electron chi connectivity index (χ1n) is 14.6. The van der Waals surface area contributed by atoms with E-state index < -0.39 is 0 Å². The lowest BCUT2D eigenvalue weighted by Crippen LogP contribution is -2.52. The summed E-state index contributed by atoms with van der Waals surface area (Å²) in [5.41, 5.74) is 3.97. The summed E-state index contributed by atoms with van der Waals surface area (Å²) in [5, 5.41) is 0. The van der Waals surface area contributed by atoms with Crippen LogP contribution in [0.1, 0.15) is 88.2 Å². The Morgan fingerprint density at radius 2 is 1.67 bits per heavy atom. The molecule has 1 saturated heterocycles. The Morgan fingerprint density at radius 3 is 2.42 bits per heavy atom. The van der Waals surface area contributed by atoms with Gasteiger partial charge in [0.2, 0.25) is 5.91 Å². The molecule has 0 spiro atoms. The van der Waals surface area contributed by atoms with Crippen LogP contribution in [0.4, 0.5) is 5.69 Å². The predicted octanol–water partition coefficient (Wildman–Crippen LogP) is 6.97. The van der Waals surface area contributed by atoms with Crippen molar-refractivity contribution in [2.24, 2.45) is 5.92 Å². The number of fused-ring (bicyclic) bond motifs is 1. The van der Waals surface area contributed by atoms with Gasteiger partial charge in [-0.3, -0.25) is 4.79 Å². The van der Waals surface area contributed by atoms with E-state index in [1.165, 1.54) is 48.9 Å². The van der Waals surface area contributed by atoms with Gasteiger partial charge in [0, 0.05) is 24.2 Å². The number of benzene rings is 2. The molecule has 5 rings (SSSR count). The third-order valence-corrected chi connectivity index (χ3v) is 8.73. The van der Waals surface area contributed by atoms with Crippen LogP contribution < -0.4 is 9.64 Å². The summed E-state index contributed by atoms with van der Waals surface area (Å²) < 4.78 is 5.85. The van der Waals surface area contributed by atoms with Crippen LogP contribution >= 0.6 is 0 Å². The van der Waals surface area contributed by atoms with Crippen molar-refractivity contribution in [1.29, 1.82) is 0 Å². The van der Waals surface area contributed by atoms with Gasteiger partial charge in [-0.1, -0.05) is 62.9 Å². The Morgan fingerprint density at radius 1 is 0.917 bits per heavy atom. The summed E-state index contributed by atoms with van der Waals surface area (Å²) in [6, 6.07) is 17.8. The number of amides is 1. The second-order valence-electron chi connectivity index (χ2n) is 11.2. The number of carbonyl (C=O) groups excluding carboxylic acids is 1. The minimum atomic E-state index is 0.215. The Kier molecular flexibility index (Phi) is 8.63. The van der Waals surface area contributed by atoms with Crippen LogP contribution in [-0.2, 0) is 11.2 Å². The van der Waals surface area contributed by atoms with Crippen molar-refractivity contribution < 1.29 is 9.53 Å². The largest absolute Gasteiger partial charge is 0.494 e. The molecule has 0 bridgehead atoms. The van der Waals surface area contributed by atoms with Gasteiger partial charge in [-0.2, -0.15) is 0 Å². The van der Waals surface area contributed by atoms with Crippen molar-refractivity contribution in [3.8, 4) is 5.75 Å². The minimum absolute atomic E-state index is 0.215. The Balaban J connectivity index is 1.20. The molecule has 3 aliphatic rings. The Bertz CT molecular complexity index is 974. The number of anilines is 1. The molecule has 2 aromatic rings. The highest BCUT2D eigenvalue weighted by Gasteiger charge is 2.36. The zero-order chi connectivity index (χ0) is 24.7. The molecule has 4 nitrogen and oxygen atoms in total. The molecule has 2 heterocycles. The molecule has 2 aliphatic heterocycles. The normalized spacial score (nSPS) is 21.8. The summed E-state index contributed by atoms with van der Waals surface area (Å²) in [6.45, 7) is 6.23. The van der Waals surface area contributed by atoms with Crippen molar-refractivity contribution in [2.75, 3.05) is 31.1 Å². The molecule has 0 N–H and O–H groups in total. The van der Waals surface area contributed by atoms with E-state index in [9.17, 15) is 4.79 Å². The lowest BCUT2D eigenvalue weighted by molar-refractivity contribution is -0.124. The molecule has 194 valence electrons. The summed E-state index contributed by atoms with van der Waals surface area (Å²) in [5.74, 6) is 2.22. The van der Waals surface area contributed by atoms with Crippen molar-refractivity contribution in [3.63, 3.8) is 0 Å². The molecule has 4 heteroatoms. The average molecular weight is 489 g/mol. The van der Waals surface area contributed by atoms with Gasteiger partial charge < -0.3 is 14.5 Å². The number of para-hydroxylation sites is 1. The standard InChI is InChI=1S/C32H44N2O2/c1-2-3-23-36-30-17-14-25(15-18-30)26-19-21-33(22-20-26)24-29-16-13-27-9-7-8-12-31(27)34(29)32(35)28-10-5-4-6-11-28/h7-9,12,14-15,17-18,26,28-29H,2-6,10-11,13,16,19-24H2,1H3. The molecule has 1 aliphatic carbocycles. The van der Waals surface area contributed by atoms with E-state index in [0.29, 0.717) is 17.9 Å². The maximum atomic E-state index is 13.8. The molecule has 1 atom stereocenters. The second-order valence-corrected chi connectivity index (χ2v) is 11.2. The van der Waals surface area contributed by atoms with Gasteiger partial charge >= 0.3 is 0 Å². The third-order valence-electron chi connectivity index (χ3n) is 8.73. The Labute approximate surface area is 218 Å². The van der Waals surface area contributed by atoms with E-state index in [-0.39, 0.29) is 5.92 Å². The number of unbranched alkanes of at least 4 members (excludes halogenated alkanes) is 1. The first-order valence-corrected chi connectivity index (χ1v) is 14.6. The quantitative estimate of drug-likeness (QED) is 0.376. The predicted molar refractivity (Wildman–Crippen MR) is 148 cm³/mol. The van der Waals surface area contributed by atoms with Crippen molar-refractivity contribution in [1.82, 2.24) is 4.90 Å². The fourth-order valence-corrected chi connectivity index (χ4v) is 6.54. The molecule has 1 amide bonds. The SMILES string of the molecule is CCCCOc1ccc(C2CCN(CC3CCc4ccccc4N3C(=O)C3CCCCC3)CC2)cc1. The number of hydrogen-bond acceptors (Lipinski definition) is 3. The zero-order valence-electron chi connectivity index (χ0n) is 22.2. The summed E-state index contributed by atoms with van der Waals surface area (Å²) in [7, 11) is 0. The molecular formula is C32H44N2O2. The van der Waals surface area contributed by atoms with Gasteiger partial charge in [0.15, 0.2) is 0 Å². The highest BCUT2D eigenvalue weighted by atomic mass is 16.5. The monoisotopic (exact) mass is 488 g/mol. The second kappa shape index (κ2) is 12.3. The first-order chi connectivity index (χ1) is 17.7. The number of aryl methyl sites for hydroxylation is 1. The van der Waals surface area contributed by atoms with Gasteiger partial charge in [0.05, 0.1) is 6.61 Å². The zero-order valence-corrected chi connectivity index (χ0v) is 22.2. The highest BCUT2D eigenvalue weighted by Crippen LogP contribution is 2.36. The lowest BCUT2D eigenvalue weighted by atomic mass is 9.85. The van der Waals surface area contributed by atoms with Gasteiger partial charge in [-0.05, 0) is 93.3 Å². The van der Waals surface area contributed by atoms with Crippen molar-refractivity contribution in [2.45, 2.75) is 89.5 Å². The molecule has 0 radical (unpaired) electrons. The smallest absolute Gasteiger partial charge is 0.230 e. The van der Waals surface area contributed by atoms with Gasteiger partial charge in [-0.25, -0.2) is 0 Å². The van der Waals surface area contributed by atoms with Crippen LogP contribution in [0.15, 0.2) is 48.5 Å². The summed E-state index contributed by atoms with van der Waals surface area (Å²) in [4.78, 5) is 18.7. The highest BCUT2D eigenvalue weighted by molar-refractivity contribution is 5.97. The molecule has 1 unspecified atom stereocenters. The average Bonchev–Trinajstić information content (AvgIpc) is 2.94. The number of rotatable bonds is 8. The maximum absolute atomic E-state index is 13.8. The van der Waals surface area contributed by atoms with Crippen molar-refractivity contribution in [3.05, 3.63) is 59.7 Å². The molecular weight excluding hydrogens is 444 g/mol. The van der Waals surface area contributed by atoms with Crippen LogP contribution in [0.25, 0.3) is 0 Å². The van der Waals surface area contributed by atoms with E-state index in [0.717, 1.165) is 70.5 Å². The maximum Gasteiger partial charge on any atom is 0.230 e. The topological polar surface area (TPSA) is 32.8 Å². The molecule has 2 fully saturated rings. The van der Waals surface area contributed by atoms with Crippen LogP contribution in [0.3, 0.4) is 0 Å². The van der Waals surface area contributed by atoms with Crippen LogP contribution in [0.5, 0.6) is 5.75 Å². The van der Waals surface area contributed by atoms with E-state index >= 15 is 0 Å². The number of hydrogen-bond donors (Lipinski definition) is 0. The minimum Gasteiger partial charge on any atom is -0.494 e. The molecule has 36 heavy (non-hydrogen) atoms. The summed E-state index contributed by atoms with van der Waals surface area (Å²) >= 11 is 0. The first kappa shape index (κ1) is 25.3. The number of piperidine rings is 1. The molecule has 2 aromatic carbocycles. The fourth-order valence-electron chi connectivity index (χ4n) is 6.54. The lowest BCUT2D eigenvalue weighted by Gasteiger charge is -2.43. The Hall–Kier alpha value is -2.33. The van der Waals surface area contributed by atoms with Gasteiger partial charge in [-0.15, -0.1) is 0 Å². The van der Waals surface area contributed by atoms with Crippen LogP contribution in [0.2, 0.25) is 0 Å². The number of carbonyl (C=O) groups is 1. The number of likely N-dealkylation sites (tertiary alicyclic amines) is 1. The molecule has 0 aromatic heterocycles. The molecule has 1 saturated carbocycles. The fraction of sp³-hybridized carbons (Fsp3) is 0.594. The van der Waals surface area contributed by atoms with Gasteiger partial charge in [0.25, 0.3) is 0 Å². The number of ether oxygens (including phenoxy) is 1. The van der Waals surface area contributed by atoms with E-state index in [4.69, 9.17) is 4.74 Å². The van der Waals surface area contributed by atoms with E-state index in [1.54, 1.807) is 0 Å². The summed E-state index contributed by atoms with van der Waals surface area (Å²) in [6.07, 6.45) is 12.6. The van der Waals surface area contributed by atoms with E-state index in [1.807, 2.05) is 0 Å². The van der Waals surface area contributed by atoms with E-state index in [2.05, 4.69) is 65.3 Å². The third kappa shape index (κ3) is 5.96.